The Hall–Kier alpha value is -8.78. The van der Waals surface area contributed by atoms with E-state index < -0.39 is 10.8 Å². The van der Waals surface area contributed by atoms with Crippen LogP contribution in [0.15, 0.2) is 273 Å². The molecule has 11 aromatic rings. The van der Waals surface area contributed by atoms with Crippen molar-refractivity contribution in [3.8, 4) is 55.6 Å². The van der Waals surface area contributed by atoms with Gasteiger partial charge in [-0.1, -0.05) is 237 Å². The van der Waals surface area contributed by atoms with Gasteiger partial charge in [-0.05, 0) is 137 Å². The van der Waals surface area contributed by atoms with Crippen molar-refractivity contribution in [2.75, 3.05) is 4.90 Å². The monoisotopic (exact) mass is 875 g/mol. The predicted molar refractivity (Wildman–Crippen MR) is 286 cm³/mol. The summed E-state index contributed by atoms with van der Waals surface area (Å²) in [7, 11) is 0. The van der Waals surface area contributed by atoms with Crippen LogP contribution in [0.2, 0.25) is 0 Å². The maximum Gasteiger partial charge on any atom is 0.0726 e. The normalized spacial score (nSPS) is 13.7. The summed E-state index contributed by atoms with van der Waals surface area (Å²) in [5.41, 5.74) is 25.2. The fraction of sp³-hybridized carbons (Fsp3) is 0.0294. The Morgan fingerprint density at radius 3 is 1.01 bits per heavy atom. The molecule has 0 amide bonds. The molecule has 322 valence electrons. The summed E-state index contributed by atoms with van der Waals surface area (Å²) >= 11 is 0. The van der Waals surface area contributed by atoms with Crippen LogP contribution in [0, 0.1) is 0 Å². The second-order valence-electron chi connectivity index (χ2n) is 18.7. The van der Waals surface area contributed by atoms with Crippen molar-refractivity contribution in [3.63, 3.8) is 0 Å². The molecule has 0 saturated heterocycles. The van der Waals surface area contributed by atoms with Crippen molar-refractivity contribution in [1.29, 1.82) is 0 Å². The predicted octanol–water partition coefficient (Wildman–Crippen LogP) is 17.2. The highest BCUT2D eigenvalue weighted by molar-refractivity contribution is 5.97. The molecule has 0 aromatic heterocycles. The van der Waals surface area contributed by atoms with E-state index in [2.05, 4.69) is 278 Å². The first-order valence-corrected chi connectivity index (χ1v) is 24.1. The van der Waals surface area contributed by atoms with Gasteiger partial charge in [0, 0.05) is 17.1 Å². The zero-order valence-electron chi connectivity index (χ0n) is 37.9. The van der Waals surface area contributed by atoms with Gasteiger partial charge in [0.2, 0.25) is 0 Å². The van der Waals surface area contributed by atoms with Crippen LogP contribution in [0.3, 0.4) is 0 Å². The van der Waals surface area contributed by atoms with E-state index in [1.54, 1.807) is 0 Å². The SMILES string of the molecule is c1ccc(-c2ccccc2-c2cccc(N(c3ccc4c(c3)C(c3ccccc3)(c3ccccc3)c3ccccc3-4)c3ccc4c(c3)C3(c5ccccc5-c5ccccc53)c3ccccc3-4)c2)cc1. The summed E-state index contributed by atoms with van der Waals surface area (Å²) in [5, 5.41) is 0. The zero-order chi connectivity index (χ0) is 45.5. The lowest BCUT2D eigenvalue weighted by atomic mass is 9.67. The van der Waals surface area contributed by atoms with E-state index in [1.165, 1.54) is 94.6 Å². The molecular formula is C68H45N. The van der Waals surface area contributed by atoms with Crippen LogP contribution in [0.25, 0.3) is 55.6 Å². The maximum absolute atomic E-state index is 2.52. The minimum Gasteiger partial charge on any atom is -0.310 e. The van der Waals surface area contributed by atoms with Gasteiger partial charge in [0.25, 0.3) is 0 Å². The van der Waals surface area contributed by atoms with E-state index in [9.17, 15) is 0 Å². The van der Waals surface area contributed by atoms with Crippen LogP contribution < -0.4 is 4.90 Å². The lowest BCUT2D eigenvalue weighted by molar-refractivity contribution is 0.768. The Morgan fingerprint density at radius 1 is 0.203 bits per heavy atom. The highest BCUT2D eigenvalue weighted by Gasteiger charge is 2.52. The number of hydrogen-bond acceptors (Lipinski definition) is 1. The highest BCUT2D eigenvalue weighted by atomic mass is 15.1. The number of fused-ring (bicyclic) bond motifs is 13. The number of rotatable bonds is 7. The minimum atomic E-state index is -0.548. The molecule has 0 aliphatic heterocycles. The zero-order valence-corrected chi connectivity index (χ0v) is 37.9. The molecule has 0 bridgehead atoms. The number of benzene rings is 11. The first-order chi connectivity index (χ1) is 34.2. The standard InChI is InChI=1S/C68H45N/c1-4-21-46(22-5-1)53-29-10-11-30-54(53)47-23-20-28-50(43-47)69(51-39-41-59-57-33-12-16-35-61(57)67(65(59)44-51,48-24-6-2-7-25-48)49-26-8-3-9-27-49)52-40-42-60-58-34-15-19-38-64(58)68(66(60)45-52)62-36-17-13-31-55(62)56-32-14-18-37-63(56)68/h1-45H. The Kier molecular flexibility index (Phi) is 8.78. The molecule has 3 aliphatic carbocycles. The molecule has 1 nitrogen and oxygen atoms in total. The van der Waals surface area contributed by atoms with Crippen molar-refractivity contribution in [1.82, 2.24) is 0 Å². The van der Waals surface area contributed by atoms with Gasteiger partial charge >= 0.3 is 0 Å². The van der Waals surface area contributed by atoms with Crippen LogP contribution in [0.1, 0.15) is 44.5 Å². The van der Waals surface area contributed by atoms with Crippen LogP contribution in [0.5, 0.6) is 0 Å². The van der Waals surface area contributed by atoms with Crippen molar-refractivity contribution in [3.05, 3.63) is 317 Å². The molecule has 0 heterocycles. The van der Waals surface area contributed by atoms with E-state index >= 15 is 0 Å². The molecule has 0 N–H and O–H groups in total. The minimum absolute atomic E-state index is 0.480. The van der Waals surface area contributed by atoms with Gasteiger partial charge < -0.3 is 4.90 Å². The van der Waals surface area contributed by atoms with Gasteiger partial charge in [0.05, 0.1) is 10.8 Å². The summed E-state index contributed by atoms with van der Waals surface area (Å²) in [4.78, 5) is 2.52. The maximum atomic E-state index is 2.52. The Labute approximate surface area is 403 Å². The quantitative estimate of drug-likeness (QED) is 0.154. The highest BCUT2D eigenvalue weighted by Crippen LogP contribution is 2.64. The van der Waals surface area contributed by atoms with E-state index in [0.717, 1.165) is 22.6 Å². The Balaban J connectivity index is 1.04. The van der Waals surface area contributed by atoms with E-state index in [4.69, 9.17) is 0 Å². The molecule has 11 aromatic carbocycles. The number of hydrogen-bond donors (Lipinski definition) is 0. The van der Waals surface area contributed by atoms with Crippen molar-refractivity contribution < 1.29 is 0 Å². The van der Waals surface area contributed by atoms with Crippen molar-refractivity contribution in [2.24, 2.45) is 0 Å². The summed E-state index contributed by atoms with van der Waals surface area (Å²) in [6, 6.07) is 102. The van der Waals surface area contributed by atoms with E-state index in [1.807, 2.05) is 0 Å². The average Bonchev–Trinajstić information content (AvgIpc) is 4.02. The van der Waals surface area contributed by atoms with Gasteiger partial charge in [-0.15, -0.1) is 0 Å². The third-order valence-corrected chi connectivity index (χ3v) is 15.4. The van der Waals surface area contributed by atoms with E-state index in [0.29, 0.717) is 0 Å². The molecule has 1 heteroatoms. The smallest absolute Gasteiger partial charge is 0.0726 e. The lowest BCUT2D eigenvalue weighted by Gasteiger charge is -2.35. The third kappa shape index (κ3) is 5.59. The van der Waals surface area contributed by atoms with Gasteiger partial charge in [-0.3, -0.25) is 0 Å². The van der Waals surface area contributed by atoms with Gasteiger partial charge in [0.1, 0.15) is 0 Å². The van der Waals surface area contributed by atoms with Crippen molar-refractivity contribution in [2.45, 2.75) is 10.8 Å². The molecule has 0 unspecified atom stereocenters. The molecule has 0 radical (unpaired) electrons. The largest absolute Gasteiger partial charge is 0.310 e. The summed E-state index contributed by atoms with van der Waals surface area (Å²) in [6.07, 6.45) is 0. The van der Waals surface area contributed by atoms with Crippen LogP contribution in [-0.4, -0.2) is 0 Å². The van der Waals surface area contributed by atoms with Gasteiger partial charge in [-0.25, -0.2) is 0 Å². The summed E-state index contributed by atoms with van der Waals surface area (Å²) < 4.78 is 0. The summed E-state index contributed by atoms with van der Waals surface area (Å²) in [6.45, 7) is 0. The molecule has 3 aliphatic rings. The Morgan fingerprint density at radius 2 is 0.536 bits per heavy atom. The second kappa shape index (κ2) is 15.4. The molecular weight excluding hydrogens is 831 g/mol. The van der Waals surface area contributed by atoms with Gasteiger partial charge in [0.15, 0.2) is 0 Å². The number of anilines is 3. The second-order valence-corrected chi connectivity index (χ2v) is 18.7. The van der Waals surface area contributed by atoms with Crippen molar-refractivity contribution >= 4 is 17.1 Å². The van der Waals surface area contributed by atoms with Crippen LogP contribution in [-0.2, 0) is 10.8 Å². The third-order valence-electron chi connectivity index (χ3n) is 15.4. The lowest BCUT2D eigenvalue weighted by Crippen LogP contribution is -2.28. The van der Waals surface area contributed by atoms with Crippen LogP contribution >= 0.6 is 0 Å². The topological polar surface area (TPSA) is 3.24 Å². The first kappa shape index (κ1) is 39.4. The molecule has 0 saturated carbocycles. The fourth-order valence-corrected chi connectivity index (χ4v) is 12.7. The Bertz CT molecular complexity index is 3580. The fourth-order valence-electron chi connectivity index (χ4n) is 12.7. The molecule has 69 heavy (non-hydrogen) atoms. The summed E-state index contributed by atoms with van der Waals surface area (Å²) in [5.74, 6) is 0. The molecule has 0 fully saturated rings. The molecule has 14 rings (SSSR count). The molecule has 1 spiro atoms. The average molecular weight is 876 g/mol. The number of nitrogens with zero attached hydrogens (tertiary/aromatic N) is 1. The van der Waals surface area contributed by atoms with Crippen LogP contribution in [0.4, 0.5) is 17.1 Å². The van der Waals surface area contributed by atoms with Gasteiger partial charge in [-0.2, -0.15) is 0 Å². The van der Waals surface area contributed by atoms with E-state index in [-0.39, 0.29) is 0 Å². The molecule has 0 atom stereocenters. The first-order valence-electron chi connectivity index (χ1n) is 24.1.